The second-order valence-electron chi connectivity index (χ2n) is 4.42. The minimum absolute atomic E-state index is 0.607. The predicted molar refractivity (Wildman–Crippen MR) is 77.3 cm³/mol. The first-order chi connectivity index (χ1) is 9.11. The number of nitrogen functional groups attached to an aromatic ring is 1. The van der Waals surface area contributed by atoms with Crippen molar-refractivity contribution >= 4 is 11.4 Å². The van der Waals surface area contributed by atoms with E-state index in [0.29, 0.717) is 12.3 Å². The molecule has 102 valence electrons. The van der Waals surface area contributed by atoms with E-state index in [1.807, 2.05) is 43.0 Å². The first-order valence-electron chi connectivity index (χ1n) is 6.35. The van der Waals surface area contributed by atoms with Gasteiger partial charge in [0.25, 0.3) is 0 Å². The number of nitrogens with two attached hydrogens (primary N) is 1. The minimum Gasteiger partial charge on any atom is -0.492 e. The van der Waals surface area contributed by atoms with Crippen LogP contribution in [-0.2, 0) is 13.6 Å². The maximum atomic E-state index is 5.84. The largest absolute Gasteiger partial charge is 0.492 e. The summed E-state index contributed by atoms with van der Waals surface area (Å²) in [7, 11) is 1.94. The molecule has 1 aromatic heterocycles. The first-order valence-corrected chi connectivity index (χ1v) is 6.35. The Morgan fingerprint density at radius 1 is 1.42 bits per heavy atom. The predicted octanol–water partition coefficient (Wildman–Crippen LogP) is 2.32. The topological polar surface area (TPSA) is 65.1 Å². The van der Waals surface area contributed by atoms with Gasteiger partial charge in [-0.05, 0) is 26.0 Å². The highest BCUT2D eigenvalue weighted by molar-refractivity contribution is 5.61. The lowest BCUT2D eigenvalue weighted by Crippen LogP contribution is -2.03. The Hall–Kier alpha value is -2.17. The van der Waals surface area contributed by atoms with Gasteiger partial charge in [-0.15, -0.1) is 0 Å². The normalized spacial score (nSPS) is 10.5. The molecule has 2 rings (SSSR count). The van der Waals surface area contributed by atoms with Crippen molar-refractivity contribution in [1.82, 2.24) is 9.78 Å². The number of benzene rings is 1. The van der Waals surface area contributed by atoms with E-state index in [4.69, 9.17) is 10.5 Å². The molecule has 0 amide bonds. The quantitative estimate of drug-likeness (QED) is 0.810. The summed E-state index contributed by atoms with van der Waals surface area (Å²) in [5.74, 6) is 0.718. The smallest absolute Gasteiger partial charge is 0.144 e. The summed E-state index contributed by atoms with van der Waals surface area (Å²) < 4.78 is 7.34. The Morgan fingerprint density at radius 3 is 2.84 bits per heavy atom. The summed E-state index contributed by atoms with van der Waals surface area (Å²) >= 11 is 0. The molecule has 0 aliphatic rings. The van der Waals surface area contributed by atoms with Crippen molar-refractivity contribution in [3.63, 3.8) is 0 Å². The zero-order chi connectivity index (χ0) is 13.8. The maximum Gasteiger partial charge on any atom is 0.144 e. The van der Waals surface area contributed by atoms with Crippen molar-refractivity contribution in [1.29, 1.82) is 0 Å². The number of rotatable bonds is 5. The van der Waals surface area contributed by atoms with Crippen molar-refractivity contribution < 1.29 is 4.74 Å². The highest BCUT2D eigenvalue weighted by Crippen LogP contribution is 2.25. The van der Waals surface area contributed by atoms with Gasteiger partial charge in [-0.25, -0.2) is 0 Å². The molecule has 0 atom stereocenters. The molecule has 0 saturated carbocycles. The third-order valence-electron chi connectivity index (χ3n) is 3.13. The molecule has 0 spiro atoms. The number of nitrogens with one attached hydrogen (secondary N) is 1. The molecule has 0 aliphatic carbocycles. The van der Waals surface area contributed by atoms with Crippen molar-refractivity contribution in [3.8, 4) is 5.75 Å². The molecular weight excluding hydrogens is 240 g/mol. The molecule has 1 aromatic carbocycles. The fourth-order valence-electron chi connectivity index (χ4n) is 1.84. The van der Waals surface area contributed by atoms with Crippen LogP contribution in [-0.4, -0.2) is 16.4 Å². The van der Waals surface area contributed by atoms with Crippen LogP contribution in [0.1, 0.15) is 18.2 Å². The monoisotopic (exact) mass is 260 g/mol. The summed E-state index contributed by atoms with van der Waals surface area (Å²) in [5.41, 5.74) is 9.83. The molecule has 0 aliphatic heterocycles. The van der Waals surface area contributed by atoms with Gasteiger partial charge < -0.3 is 15.8 Å². The molecule has 1 heterocycles. The third-order valence-corrected chi connectivity index (χ3v) is 3.13. The number of nitrogens with zero attached hydrogens (tertiary/aromatic N) is 2. The van der Waals surface area contributed by atoms with Crippen LogP contribution in [0.4, 0.5) is 11.4 Å². The van der Waals surface area contributed by atoms with Gasteiger partial charge in [0.1, 0.15) is 5.75 Å². The molecule has 0 fully saturated rings. The van der Waals surface area contributed by atoms with Crippen molar-refractivity contribution in [2.24, 2.45) is 7.05 Å². The van der Waals surface area contributed by atoms with Crippen LogP contribution in [0.15, 0.2) is 24.4 Å². The molecule has 0 bridgehead atoms. The fourth-order valence-corrected chi connectivity index (χ4v) is 1.84. The van der Waals surface area contributed by atoms with E-state index in [1.54, 1.807) is 0 Å². The van der Waals surface area contributed by atoms with Gasteiger partial charge in [0.15, 0.2) is 0 Å². The average molecular weight is 260 g/mol. The van der Waals surface area contributed by atoms with E-state index in [2.05, 4.69) is 17.3 Å². The van der Waals surface area contributed by atoms with Gasteiger partial charge in [-0.1, -0.05) is 0 Å². The molecule has 3 N–H and O–H groups in total. The van der Waals surface area contributed by atoms with Crippen molar-refractivity contribution in [3.05, 3.63) is 35.7 Å². The van der Waals surface area contributed by atoms with Crippen LogP contribution in [0.3, 0.4) is 0 Å². The highest BCUT2D eigenvalue weighted by Gasteiger charge is 2.05. The summed E-state index contributed by atoms with van der Waals surface area (Å²) in [5, 5.41) is 7.57. The van der Waals surface area contributed by atoms with Crippen LogP contribution in [0.5, 0.6) is 5.75 Å². The zero-order valence-corrected chi connectivity index (χ0v) is 11.6. The van der Waals surface area contributed by atoms with Crippen molar-refractivity contribution in [2.75, 3.05) is 17.7 Å². The summed E-state index contributed by atoms with van der Waals surface area (Å²) in [4.78, 5) is 0. The molecule has 19 heavy (non-hydrogen) atoms. The van der Waals surface area contributed by atoms with E-state index >= 15 is 0 Å². The molecule has 0 saturated heterocycles. The number of aryl methyl sites for hydroxylation is 1. The zero-order valence-electron chi connectivity index (χ0n) is 11.6. The second kappa shape index (κ2) is 5.65. The van der Waals surface area contributed by atoms with Crippen LogP contribution >= 0.6 is 0 Å². The second-order valence-corrected chi connectivity index (χ2v) is 4.42. The Labute approximate surface area is 113 Å². The average Bonchev–Trinajstić information content (AvgIpc) is 2.71. The summed E-state index contributed by atoms with van der Waals surface area (Å²) in [6.45, 7) is 5.34. The molecule has 2 aromatic rings. The van der Waals surface area contributed by atoms with Gasteiger partial charge in [0, 0.05) is 36.6 Å². The van der Waals surface area contributed by atoms with Crippen molar-refractivity contribution in [2.45, 2.75) is 20.4 Å². The van der Waals surface area contributed by atoms with E-state index in [1.165, 1.54) is 5.56 Å². The fraction of sp³-hybridized carbons (Fsp3) is 0.357. The standard InChI is InChI=1S/C14H20N4O/c1-4-19-14-7-12(5-6-13(14)15)16-8-11-9-17-18(3)10(11)2/h5-7,9,16H,4,8,15H2,1-3H3. The Bertz CT molecular complexity index is 563. The van der Waals surface area contributed by atoms with Crippen LogP contribution in [0.25, 0.3) is 0 Å². The number of anilines is 2. The lowest BCUT2D eigenvalue weighted by atomic mass is 10.2. The molecule has 0 unspecified atom stereocenters. The maximum absolute atomic E-state index is 5.84. The van der Waals surface area contributed by atoms with Crippen LogP contribution in [0, 0.1) is 6.92 Å². The lowest BCUT2D eigenvalue weighted by Gasteiger charge is -2.11. The minimum atomic E-state index is 0.607. The van der Waals surface area contributed by atoms with E-state index in [0.717, 1.165) is 23.7 Å². The highest BCUT2D eigenvalue weighted by atomic mass is 16.5. The Morgan fingerprint density at radius 2 is 2.21 bits per heavy atom. The Kier molecular flexibility index (Phi) is 3.94. The molecule has 5 nitrogen and oxygen atoms in total. The number of aromatic nitrogens is 2. The van der Waals surface area contributed by atoms with Crippen LogP contribution < -0.4 is 15.8 Å². The number of ether oxygens (including phenoxy) is 1. The van der Waals surface area contributed by atoms with Crippen LogP contribution in [0.2, 0.25) is 0 Å². The summed E-state index contributed by atoms with van der Waals surface area (Å²) in [6.07, 6.45) is 1.88. The number of hydrogen-bond donors (Lipinski definition) is 2. The SMILES string of the molecule is CCOc1cc(NCc2cnn(C)c2C)ccc1N. The third kappa shape index (κ3) is 2.99. The number of hydrogen-bond acceptors (Lipinski definition) is 4. The Balaban J connectivity index is 2.07. The summed E-state index contributed by atoms with van der Waals surface area (Å²) in [6, 6.07) is 5.72. The van der Waals surface area contributed by atoms with E-state index < -0.39 is 0 Å². The lowest BCUT2D eigenvalue weighted by molar-refractivity contribution is 0.342. The van der Waals surface area contributed by atoms with Gasteiger partial charge in [0.2, 0.25) is 0 Å². The van der Waals surface area contributed by atoms with Gasteiger partial charge in [0.05, 0.1) is 18.5 Å². The molecule has 0 radical (unpaired) electrons. The molecular formula is C14H20N4O. The van der Waals surface area contributed by atoms with Gasteiger partial charge >= 0.3 is 0 Å². The van der Waals surface area contributed by atoms with Gasteiger partial charge in [-0.3, -0.25) is 4.68 Å². The first kappa shape index (κ1) is 13.3. The van der Waals surface area contributed by atoms with E-state index in [-0.39, 0.29) is 0 Å². The molecule has 5 heteroatoms. The van der Waals surface area contributed by atoms with Gasteiger partial charge in [-0.2, -0.15) is 5.10 Å². The van der Waals surface area contributed by atoms with E-state index in [9.17, 15) is 0 Å².